The van der Waals surface area contributed by atoms with Crippen LogP contribution in [0.5, 0.6) is 0 Å². The van der Waals surface area contributed by atoms with Crippen molar-refractivity contribution in [2.24, 2.45) is 0 Å². The molecule has 0 saturated heterocycles. The molecule has 0 heterocycles. The van der Waals surface area contributed by atoms with E-state index in [1.165, 1.54) is 17.6 Å². The first-order valence-electron chi connectivity index (χ1n) is 7.81. The summed E-state index contributed by atoms with van der Waals surface area (Å²) in [5, 5.41) is 0. The van der Waals surface area contributed by atoms with Gasteiger partial charge in [0.1, 0.15) is 5.76 Å². The maximum Gasteiger partial charge on any atom is 0.114 e. The Kier molecular flexibility index (Phi) is 8.53. The zero-order valence-corrected chi connectivity index (χ0v) is 13.0. The molecule has 1 aliphatic rings. The molecule has 1 aliphatic carbocycles. The highest BCUT2D eigenvalue weighted by Gasteiger charge is 2.02. The van der Waals surface area contributed by atoms with Gasteiger partial charge in [0.2, 0.25) is 0 Å². The van der Waals surface area contributed by atoms with Gasteiger partial charge in [-0.05, 0) is 55.4 Å². The van der Waals surface area contributed by atoms with Gasteiger partial charge in [0.05, 0.1) is 6.61 Å². The van der Waals surface area contributed by atoms with Crippen LogP contribution in [0.3, 0.4) is 0 Å². The second kappa shape index (κ2) is 10.3. The van der Waals surface area contributed by atoms with E-state index >= 15 is 0 Å². The van der Waals surface area contributed by atoms with E-state index in [0.717, 1.165) is 44.5 Å². The standard InChI is InChI=1S/C19H28O/c1-4-6-16-20-19(11-5-2)15-10-12-17(3)18-13-8-7-9-14-18/h7-8,10-11,13,15H,3-6,9,12,14,16H2,1-2H3/b15-10-,19-11+. The van der Waals surface area contributed by atoms with Crippen molar-refractivity contribution < 1.29 is 4.74 Å². The first-order valence-corrected chi connectivity index (χ1v) is 7.81. The van der Waals surface area contributed by atoms with Crippen molar-refractivity contribution in [2.75, 3.05) is 6.61 Å². The molecule has 0 fully saturated rings. The van der Waals surface area contributed by atoms with E-state index in [9.17, 15) is 0 Å². The third-order valence-electron chi connectivity index (χ3n) is 3.29. The fourth-order valence-electron chi connectivity index (χ4n) is 2.06. The van der Waals surface area contributed by atoms with Crippen LogP contribution in [0.2, 0.25) is 0 Å². The van der Waals surface area contributed by atoms with E-state index in [4.69, 9.17) is 4.74 Å². The number of ether oxygens (including phenoxy) is 1. The first-order chi connectivity index (χ1) is 9.77. The Morgan fingerprint density at radius 2 is 2.25 bits per heavy atom. The minimum atomic E-state index is 0.809. The lowest BCUT2D eigenvalue weighted by atomic mass is 9.96. The summed E-state index contributed by atoms with van der Waals surface area (Å²) >= 11 is 0. The van der Waals surface area contributed by atoms with E-state index < -0.39 is 0 Å². The van der Waals surface area contributed by atoms with Crippen LogP contribution in [0.15, 0.2) is 59.9 Å². The molecule has 0 spiro atoms. The Bertz CT molecular complexity index is 407. The first kappa shape index (κ1) is 16.6. The fourth-order valence-corrected chi connectivity index (χ4v) is 2.06. The lowest BCUT2D eigenvalue weighted by Gasteiger charge is -2.10. The van der Waals surface area contributed by atoms with E-state index in [0.29, 0.717) is 0 Å². The highest BCUT2D eigenvalue weighted by atomic mass is 16.5. The number of hydrogen-bond acceptors (Lipinski definition) is 1. The molecule has 0 radical (unpaired) electrons. The normalized spacial score (nSPS) is 15.5. The zero-order chi connectivity index (χ0) is 14.6. The Labute approximate surface area is 124 Å². The van der Waals surface area contributed by atoms with Gasteiger partial charge in [0, 0.05) is 0 Å². The minimum absolute atomic E-state index is 0.809. The summed E-state index contributed by atoms with van der Waals surface area (Å²) in [6.45, 7) is 9.31. The number of allylic oxidation sites excluding steroid dienone is 8. The molecule has 0 amide bonds. The van der Waals surface area contributed by atoms with Crippen LogP contribution in [0.4, 0.5) is 0 Å². The Morgan fingerprint density at radius 1 is 1.40 bits per heavy atom. The number of rotatable bonds is 9. The van der Waals surface area contributed by atoms with Crippen LogP contribution in [-0.2, 0) is 4.74 Å². The molecule has 0 bridgehead atoms. The Balaban J connectivity index is 2.43. The molecule has 0 aliphatic heterocycles. The van der Waals surface area contributed by atoms with Crippen molar-refractivity contribution in [1.29, 1.82) is 0 Å². The highest BCUT2D eigenvalue weighted by molar-refractivity contribution is 5.35. The number of unbranched alkanes of at least 4 members (excludes halogenated alkanes) is 1. The van der Waals surface area contributed by atoms with Crippen molar-refractivity contribution in [3.63, 3.8) is 0 Å². The van der Waals surface area contributed by atoms with E-state index in [2.05, 4.69) is 56.9 Å². The minimum Gasteiger partial charge on any atom is -0.494 e. The third-order valence-corrected chi connectivity index (χ3v) is 3.29. The van der Waals surface area contributed by atoms with Crippen LogP contribution >= 0.6 is 0 Å². The molecule has 0 atom stereocenters. The van der Waals surface area contributed by atoms with Crippen molar-refractivity contribution in [2.45, 2.75) is 52.4 Å². The van der Waals surface area contributed by atoms with E-state index in [1.807, 2.05) is 0 Å². The van der Waals surface area contributed by atoms with Gasteiger partial charge in [-0.1, -0.05) is 51.2 Å². The molecular weight excluding hydrogens is 244 g/mol. The second-order valence-corrected chi connectivity index (χ2v) is 5.09. The molecule has 1 rings (SSSR count). The van der Waals surface area contributed by atoms with Gasteiger partial charge in [-0.3, -0.25) is 0 Å². The molecule has 20 heavy (non-hydrogen) atoms. The summed E-state index contributed by atoms with van der Waals surface area (Å²) in [4.78, 5) is 0. The molecule has 110 valence electrons. The van der Waals surface area contributed by atoms with Crippen LogP contribution < -0.4 is 0 Å². The topological polar surface area (TPSA) is 9.23 Å². The largest absolute Gasteiger partial charge is 0.494 e. The highest BCUT2D eigenvalue weighted by Crippen LogP contribution is 2.21. The summed E-state index contributed by atoms with van der Waals surface area (Å²) in [5.74, 6) is 0.992. The van der Waals surface area contributed by atoms with Gasteiger partial charge < -0.3 is 4.74 Å². The molecule has 0 unspecified atom stereocenters. The average molecular weight is 272 g/mol. The summed E-state index contributed by atoms with van der Waals surface area (Å²) in [7, 11) is 0. The van der Waals surface area contributed by atoms with Crippen molar-refractivity contribution in [1.82, 2.24) is 0 Å². The van der Waals surface area contributed by atoms with Gasteiger partial charge in [0.15, 0.2) is 0 Å². The zero-order valence-electron chi connectivity index (χ0n) is 13.0. The predicted octanol–water partition coefficient (Wildman–Crippen LogP) is 5.88. The molecule has 0 saturated carbocycles. The third kappa shape index (κ3) is 6.60. The average Bonchev–Trinajstić information content (AvgIpc) is 2.48. The van der Waals surface area contributed by atoms with Gasteiger partial charge in [0.25, 0.3) is 0 Å². The molecular formula is C19H28O. The fraction of sp³-hybridized carbons (Fsp3) is 0.474. The molecule has 1 heteroatoms. The molecule has 0 N–H and O–H groups in total. The van der Waals surface area contributed by atoms with E-state index in [1.54, 1.807) is 0 Å². The molecule has 0 aromatic carbocycles. The summed E-state index contributed by atoms with van der Waals surface area (Å²) < 4.78 is 5.77. The maximum atomic E-state index is 5.77. The second-order valence-electron chi connectivity index (χ2n) is 5.09. The van der Waals surface area contributed by atoms with Crippen molar-refractivity contribution in [3.8, 4) is 0 Å². The molecule has 0 aromatic rings. The van der Waals surface area contributed by atoms with Crippen LogP contribution in [-0.4, -0.2) is 6.61 Å². The van der Waals surface area contributed by atoms with Gasteiger partial charge >= 0.3 is 0 Å². The maximum absolute atomic E-state index is 5.77. The summed E-state index contributed by atoms with van der Waals surface area (Å²) in [5.41, 5.74) is 2.60. The lowest BCUT2D eigenvalue weighted by molar-refractivity contribution is 0.218. The Morgan fingerprint density at radius 3 is 2.90 bits per heavy atom. The number of hydrogen-bond donors (Lipinski definition) is 0. The van der Waals surface area contributed by atoms with Crippen LogP contribution in [0.1, 0.15) is 52.4 Å². The van der Waals surface area contributed by atoms with Crippen LogP contribution in [0, 0.1) is 0 Å². The van der Waals surface area contributed by atoms with Gasteiger partial charge in [-0.15, -0.1) is 0 Å². The molecule has 1 nitrogen and oxygen atoms in total. The van der Waals surface area contributed by atoms with Crippen molar-refractivity contribution in [3.05, 3.63) is 59.9 Å². The smallest absolute Gasteiger partial charge is 0.114 e. The van der Waals surface area contributed by atoms with Crippen molar-refractivity contribution >= 4 is 0 Å². The van der Waals surface area contributed by atoms with Crippen LogP contribution in [0.25, 0.3) is 0 Å². The summed E-state index contributed by atoms with van der Waals surface area (Å²) in [6, 6.07) is 0. The lowest BCUT2D eigenvalue weighted by Crippen LogP contribution is -1.93. The Hall–Kier alpha value is -1.50. The summed E-state index contributed by atoms with van der Waals surface area (Å²) in [6.07, 6.45) is 19.3. The predicted molar refractivity (Wildman–Crippen MR) is 88.6 cm³/mol. The van der Waals surface area contributed by atoms with E-state index in [-0.39, 0.29) is 0 Å². The quantitative estimate of drug-likeness (QED) is 0.289. The van der Waals surface area contributed by atoms with Gasteiger partial charge in [-0.2, -0.15) is 0 Å². The molecule has 0 aromatic heterocycles. The van der Waals surface area contributed by atoms with Gasteiger partial charge in [-0.25, -0.2) is 0 Å². The monoisotopic (exact) mass is 272 g/mol. The SMILES string of the molecule is C=C(C/C=C\C(=C/CC)OCCCC)C1=CC=CCC1.